The van der Waals surface area contributed by atoms with E-state index in [4.69, 9.17) is 0 Å². The Morgan fingerprint density at radius 1 is 1.25 bits per heavy atom. The van der Waals surface area contributed by atoms with Crippen molar-refractivity contribution in [2.75, 3.05) is 23.3 Å². The lowest BCUT2D eigenvalue weighted by Crippen LogP contribution is -2.43. The van der Waals surface area contributed by atoms with Gasteiger partial charge in [-0.15, -0.1) is 0 Å². The maximum absolute atomic E-state index is 3.56. The molecule has 1 atom stereocenters. The molecule has 2 aliphatic rings. The van der Waals surface area contributed by atoms with Crippen LogP contribution >= 0.6 is 15.9 Å². The van der Waals surface area contributed by atoms with Crippen LogP contribution in [0.25, 0.3) is 0 Å². The highest BCUT2D eigenvalue weighted by Crippen LogP contribution is 2.36. The lowest BCUT2D eigenvalue weighted by Gasteiger charge is -2.38. The highest BCUT2D eigenvalue weighted by molar-refractivity contribution is 9.10. The SMILES string of the molecule is Brc1ccc2c(c1)NCC1CCCCCN21. The first kappa shape index (κ1) is 10.5. The number of nitrogens with one attached hydrogen (secondary N) is 1. The topological polar surface area (TPSA) is 15.3 Å². The molecule has 0 radical (unpaired) electrons. The number of benzene rings is 1. The van der Waals surface area contributed by atoms with Gasteiger partial charge in [0.25, 0.3) is 0 Å². The van der Waals surface area contributed by atoms with Crippen LogP contribution in [0.2, 0.25) is 0 Å². The molecule has 1 saturated heterocycles. The van der Waals surface area contributed by atoms with Crippen LogP contribution in [-0.4, -0.2) is 19.1 Å². The molecule has 0 spiro atoms. The molecule has 2 nitrogen and oxygen atoms in total. The Hall–Kier alpha value is -0.700. The molecule has 86 valence electrons. The summed E-state index contributed by atoms with van der Waals surface area (Å²) < 4.78 is 1.16. The van der Waals surface area contributed by atoms with E-state index >= 15 is 0 Å². The van der Waals surface area contributed by atoms with Gasteiger partial charge in [-0.25, -0.2) is 0 Å². The van der Waals surface area contributed by atoms with Gasteiger partial charge in [0.1, 0.15) is 0 Å². The molecule has 2 aliphatic heterocycles. The van der Waals surface area contributed by atoms with Crippen molar-refractivity contribution in [1.29, 1.82) is 0 Å². The first-order chi connectivity index (χ1) is 7.84. The van der Waals surface area contributed by atoms with Gasteiger partial charge in [-0.05, 0) is 31.0 Å². The second kappa shape index (κ2) is 4.28. The largest absolute Gasteiger partial charge is 0.381 e. The molecule has 2 heterocycles. The van der Waals surface area contributed by atoms with E-state index in [0.717, 1.165) is 11.0 Å². The minimum absolute atomic E-state index is 0.705. The molecule has 1 N–H and O–H groups in total. The number of nitrogens with zero attached hydrogens (tertiary/aromatic N) is 1. The Morgan fingerprint density at radius 3 is 3.12 bits per heavy atom. The molecule has 1 aromatic carbocycles. The zero-order chi connectivity index (χ0) is 11.0. The van der Waals surface area contributed by atoms with E-state index in [1.54, 1.807) is 0 Å². The van der Waals surface area contributed by atoms with Crippen molar-refractivity contribution in [2.24, 2.45) is 0 Å². The minimum atomic E-state index is 0.705. The van der Waals surface area contributed by atoms with E-state index in [2.05, 4.69) is 44.3 Å². The Labute approximate surface area is 105 Å². The van der Waals surface area contributed by atoms with Crippen molar-refractivity contribution in [3.63, 3.8) is 0 Å². The fourth-order valence-corrected chi connectivity index (χ4v) is 3.20. The van der Waals surface area contributed by atoms with E-state index in [1.807, 2.05) is 0 Å². The van der Waals surface area contributed by atoms with Crippen LogP contribution in [0, 0.1) is 0 Å². The van der Waals surface area contributed by atoms with Gasteiger partial charge in [0.05, 0.1) is 11.4 Å². The first-order valence-corrected chi connectivity index (χ1v) is 6.94. The fraction of sp³-hybridized carbons (Fsp3) is 0.538. The smallest absolute Gasteiger partial charge is 0.0605 e. The molecule has 3 rings (SSSR count). The summed E-state index contributed by atoms with van der Waals surface area (Å²) in [4.78, 5) is 2.60. The molecule has 0 aromatic heterocycles. The summed E-state index contributed by atoms with van der Waals surface area (Å²) in [6, 6.07) is 7.28. The van der Waals surface area contributed by atoms with Gasteiger partial charge >= 0.3 is 0 Å². The second-order valence-electron chi connectivity index (χ2n) is 4.74. The van der Waals surface area contributed by atoms with Gasteiger partial charge in [0.15, 0.2) is 0 Å². The van der Waals surface area contributed by atoms with Crippen LogP contribution in [0.1, 0.15) is 25.7 Å². The maximum Gasteiger partial charge on any atom is 0.0605 e. The van der Waals surface area contributed by atoms with E-state index in [1.165, 1.54) is 43.6 Å². The Bertz CT molecular complexity index is 392. The summed E-state index contributed by atoms with van der Waals surface area (Å²) in [6.45, 7) is 2.32. The van der Waals surface area contributed by atoms with Crippen LogP contribution in [0.5, 0.6) is 0 Å². The molecular weight excluding hydrogens is 264 g/mol. The van der Waals surface area contributed by atoms with Gasteiger partial charge in [0, 0.05) is 23.6 Å². The van der Waals surface area contributed by atoms with Crippen molar-refractivity contribution in [1.82, 2.24) is 0 Å². The van der Waals surface area contributed by atoms with Crippen molar-refractivity contribution in [3.8, 4) is 0 Å². The molecule has 0 saturated carbocycles. The number of fused-ring (bicyclic) bond motifs is 3. The Kier molecular flexibility index (Phi) is 2.80. The number of rotatable bonds is 0. The predicted octanol–water partition coefficient (Wildman–Crippen LogP) is 3.62. The zero-order valence-corrected chi connectivity index (χ0v) is 11.0. The van der Waals surface area contributed by atoms with Gasteiger partial charge in [-0.2, -0.15) is 0 Å². The summed E-state index contributed by atoms with van der Waals surface area (Å²) >= 11 is 3.54. The predicted molar refractivity (Wildman–Crippen MR) is 72.2 cm³/mol. The molecule has 0 bridgehead atoms. The van der Waals surface area contributed by atoms with Crippen LogP contribution in [0.3, 0.4) is 0 Å². The first-order valence-electron chi connectivity index (χ1n) is 6.15. The van der Waals surface area contributed by atoms with Gasteiger partial charge < -0.3 is 10.2 Å². The molecule has 16 heavy (non-hydrogen) atoms. The lowest BCUT2D eigenvalue weighted by molar-refractivity contribution is 0.583. The van der Waals surface area contributed by atoms with E-state index in [-0.39, 0.29) is 0 Å². The Balaban J connectivity index is 1.97. The van der Waals surface area contributed by atoms with Crippen molar-refractivity contribution in [2.45, 2.75) is 31.7 Å². The quantitative estimate of drug-likeness (QED) is 0.781. The van der Waals surface area contributed by atoms with E-state index < -0.39 is 0 Å². The van der Waals surface area contributed by atoms with Crippen molar-refractivity contribution in [3.05, 3.63) is 22.7 Å². The molecular formula is C13H17BrN2. The summed E-state index contributed by atoms with van der Waals surface area (Å²) in [5.41, 5.74) is 2.67. The third-order valence-electron chi connectivity index (χ3n) is 3.67. The molecule has 0 amide bonds. The van der Waals surface area contributed by atoms with Gasteiger partial charge in [-0.3, -0.25) is 0 Å². The molecule has 1 aromatic rings. The number of anilines is 2. The highest BCUT2D eigenvalue weighted by Gasteiger charge is 2.26. The van der Waals surface area contributed by atoms with Gasteiger partial charge in [0.2, 0.25) is 0 Å². The van der Waals surface area contributed by atoms with Crippen LogP contribution in [0.15, 0.2) is 22.7 Å². The molecule has 0 aliphatic carbocycles. The molecule has 3 heteroatoms. The second-order valence-corrected chi connectivity index (χ2v) is 5.65. The van der Waals surface area contributed by atoms with E-state index in [9.17, 15) is 0 Å². The number of hydrogen-bond donors (Lipinski definition) is 1. The third-order valence-corrected chi connectivity index (χ3v) is 4.17. The monoisotopic (exact) mass is 280 g/mol. The third kappa shape index (κ3) is 1.81. The summed E-state index contributed by atoms with van der Waals surface area (Å²) in [7, 11) is 0. The zero-order valence-electron chi connectivity index (χ0n) is 9.38. The van der Waals surface area contributed by atoms with Crippen molar-refractivity contribution < 1.29 is 0 Å². The highest BCUT2D eigenvalue weighted by atomic mass is 79.9. The van der Waals surface area contributed by atoms with Crippen molar-refractivity contribution >= 4 is 27.3 Å². The summed E-state index contributed by atoms with van der Waals surface area (Å²) in [5, 5.41) is 3.56. The fourth-order valence-electron chi connectivity index (χ4n) is 2.83. The Morgan fingerprint density at radius 2 is 2.19 bits per heavy atom. The minimum Gasteiger partial charge on any atom is -0.381 e. The molecule has 1 unspecified atom stereocenters. The standard InChI is InChI=1S/C13H17BrN2/c14-10-5-6-13-12(8-10)15-9-11-4-2-1-3-7-16(11)13/h5-6,8,11,15H,1-4,7,9H2. The van der Waals surface area contributed by atoms with Gasteiger partial charge in [-0.1, -0.05) is 28.8 Å². The van der Waals surface area contributed by atoms with E-state index in [0.29, 0.717) is 6.04 Å². The van der Waals surface area contributed by atoms with Crippen LogP contribution < -0.4 is 10.2 Å². The summed E-state index contributed by atoms with van der Waals surface area (Å²) in [6.07, 6.45) is 5.45. The average Bonchev–Trinajstić information content (AvgIpc) is 2.53. The average molecular weight is 281 g/mol. The number of halogens is 1. The summed E-state index contributed by atoms with van der Waals surface area (Å²) in [5.74, 6) is 0. The van der Waals surface area contributed by atoms with Crippen LogP contribution in [-0.2, 0) is 0 Å². The normalized spacial score (nSPS) is 24.1. The molecule has 1 fully saturated rings. The lowest BCUT2D eigenvalue weighted by atomic mass is 10.1. The number of hydrogen-bond acceptors (Lipinski definition) is 2. The maximum atomic E-state index is 3.56. The van der Waals surface area contributed by atoms with Crippen LogP contribution in [0.4, 0.5) is 11.4 Å².